The Kier molecular flexibility index (Phi) is 1.87. The molecule has 0 aliphatic rings. The Bertz CT molecular complexity index is 235. The van der Waals surface area contributed by atoms with Crippen molar-refractivity contribution in [3.8, 4) is 0 Å². The average Bonchev–Trinajstić information content (AvgIpc) is 2.14. The van der Waals surface area contributed by atoms with E-state index in [1.165, 1.54) is 0 Å². The zero-order valence-electron chi connectivity index (χ0n) is 5.34. The van der Waals surface area contributed by atoms with Crippen molar-refractivity contribution in [2.24, 2.45) is 0 Å². The number of hydrogen-bond donors (Lipinski definition) is 1. The number of aromatic amines is 1. The summed E-state index contributed by atoms with van der Waals surface area (Å²) in [5.41, 5.74) is 0. The quantitative estimate of drug-likeness (QED) is 0.632. The molecule has 1 N–H and O–H groups in total. The number of nitrogens with one attached hydrogen (secondary N) is 1. The highest BCUT2D eigenvalue weighted by atomic mass is 32.1. The molecule has 0 saturated heterocycles. The van der Waals surface area contributed by atoms with Crippen LogP contribution >= 0.6 is 23.6 Å². The molecule has 0 atom stereocenters. The van der Waals surface area contributed by atoms with Gasteiger partial charge in [0.25, 0.3) is 0 Å². The van der Waals surface area contributed by atoms with Gasteiger partial charge in [0.05, 0.1) is 0 Å². The van der Waals surface area contributed by atoms with Crippen LogP contribution in [0.25, 0.3) is 0 Å². The second-order valence-corrected chi connectivity index (χ2v) is 3.47. The summed E-state index contributed by atoms with van der Waals surface area (Å²) in [7, 11) is 3.96. The highest BCUT2D eigenvalue weighted by molar-refractivity contribution is 7.73. The lowest BCUT2D eigenvalue weighted by atomic mass is 10.7. The van der Waals surface area contributed by atoms with Crippen molar-refractivity contribution in [1.82, 2.24) is 4.98 Å². The minimum atomic E-state index is 0.832. The third kappa shape index (κ3) is 1.53. The molecule has 1 aromatic rings. The summed E-state index contributed by atoms with van der Waals surface area (Å²) in [6.07, 6.45) is 0. The van der Waals surface area contributed by atoms with E-state index in [1.54, 1.807) is 11.3 Å². The number of hydrogen-bond acceptors (Lipinski definition) is 3. The van der Waals surface area contributed by atoms with Crippen molar-refractivity contribution in [2.45, 2.75) is 0 Å². The van der Waals surface area contributed by atoms with Crippen molar-refractivity contribution in [3.63, 3.8) is 0 Å². The van der Waals surface area contributed by atoms with Gasteiger partial charge < -0.3 is 9.88 Å². The van der Waals surface area contributed by atoms with Crippen LogP contribution in [0.2, 0.25) is 0 Å². The fraction of sp³-hybridized carbons (Fsp3) is 0.400. The summed E-state index contributed by atoms with van der Waals surface area (Å²) in [4.78, 5) is 5.03. The standard InChI is InChI=1S/C5H8N2S2/c1-7(2)4-3-9-5(8)6-4/h3H,1-2H3,(H,6,8). The maximum absolute atomic E-state index is 4.89. The molecule has 1 rings (SSSR count). The number of anilines is 1. The molecule has 0 amide bonds. The second kappa shape index (κ2) is 2.49. The largest absolute Gasteiger partial charge is 0.364 e. The Balaban J connectivity index is 2.98. The molecule has 9 heavy (non-hydrogen) atoms. The average molecular weight is 160 g/mol. The van der Waals surface area contributed by atoms with Crippen molar-refractivity contribution < 1.29 is 0 Å². The minimum Gasteiger partial charge on any atom is -0.364 e. The number of aromatic nitrogens is 1. The maximum Gasteiger partial charge on any atom is 0.160 e. The Hall–Kier alpha value is -0.350. The first-order valence-electron chi connectivity index (χ1n) is 2.55. The van der Waals surface area contributed by atoms with Crippen LogP contribution in [0, 0.1) is 3.95 Å². The normalized spacial score (nSPS) is 9.56. The van der Waals surface area contributed by atoms with Crippen LogP contribution in [0.4, 0.5) is 5.82 Å². The zero-order valence-corrected chi connectivity index (χ0v) is 6.97. The lowest BCUT2D eigenvalue weighted by Gasteiger charge is -2.06. The second-order valence-electron chi connectivity index (χ2n) is 1.93. The van der Waals surface area contributed by atoms with Gasteiger partial charge in [-0.2, -0.15) is 0 Å². The molecule has 0 spiro atoms. The molecule has 0 aromatic carbocycles. The van der Waals surface area contributed by atoms with E-state index in [4.69, 9.17) is 12.2 Å². The molecule has 0 aliphatic heterocycles. The first-order chi connectivity index (χ1) is 4.20. The predicted octanol–water partition coefficient (Wildman–Crippen LogP) is 1.87. The predicted molar refractivity (Wildman–Crippen MR) is 43.8 cm³/mol. The smallest absolute Gasteiger partial charge is 0.160 e. The van der Waals surface area contributed by atoms with Gasteiger partial charge in [0.2, 0.25) is 0 Å². The molecule has 1 aromatic heterocycles. The molecule has 0 saturated carbocycles. The lowest BCUT2D eigenvalue weighted by molar-refractivity contribution is 1.08. The van der Waals surface area contributed by atoms with Crippen LogP contribution in [0.5, 0.6) is 0 Å². The van der Waals surface area contributed by atoms with Crippen molar-refractivity contribution in [3.05, 3.63) is 9.33 Å². The molecule has 0 aliphatic carbocycles. The van der Waals surface area contributed by atoms with Crippen molar-refractivity contribution in [1.29, 1.82) is 0 Å². The van der Waals surface area contributed by atoms with E-state index < -0.39 is 0 Å². The number of thiazole rings is 1. The summed E-state index contributed by atoms with van der Waals surface area (Å²) in [6.45, 7) is 0. The van der Waals surface area contributed by atoms with Gasteiger partial charge in [-0.1, -0.05) is 0 Å². The molecular formula is C5H8N2S2. The first-order valence-corrected chi connectivity index (χ1v) is 3.84. The monoisotopic (exact) mass is 160 g/mol. The van der Waals surface area contributed by atoms with Gasteiger partial charge >= 0.3 is 0 Å². The van der Waals surface area contributed by atoms with Gasteiger partial charge in [-0.25, -0.2) is 0 Å². The summed E-state index contributed by atoms with van der Waals surface area (Å²) >= 11 is 6.44. The van der Waals surface area contributed by atoms with E-state index in [1.807, 2.05) is 24.4 Å². The molecular weight excluding hydrogens is 152 g/mol. The van der Waals surface area contributed by atoms with E-state index in [0.29, 0.717) is 0 Å². The Morgan fingerprint density at radius 2 is 2.33 bits per heavy atom. The summed E-state index contributed by atoms with van der Waals surface area (Å²) in [5.74, 6) is 1.07. The highest BCUT2D eigenvalue weighted by Crippen LogP contribution is 2.11. The zero-order chi connectivity index (χ0) is 6.85. The van der Waals surface area contributed by atoms with Gasteiger partial charge in [0.15, 0.2) is 3.95 Å². The number of nitrogens with zero attached hydrogens (tertiary/aromatic N) is 1. The van der Waals surface area contributed by atoms with Crippen molar-refractivity contribution in [2.75, 3.05) is 19.0 Å². The van der Waals surface area contributed by atoms with E-state index in [0.717, 1.165) is 9.77 Å². The Morgan fingerprint density at radius 3 is 2.56 bits per heavy atom. The van der Waals surface area contributed by atoms with E-state index >= 15 is 0 Å². The van der Waals surface area contributed by atoms with Gasteiger partial charge in [-0.3, -0.25) is 0 Å². The Morgan fingerprint density at radius 1 is 1.67 bits per heavy atom. The lowest BCUT2D eigenvalue weighted by Crippen LogP contribution is -2.08. The summed E-state index contributed by atoms with van der Waals surface area (Å²) in [5, 5.41) is 2.00. The fourth-order valence-electron chi connectivity index (χ4n) is 0.490. The molecule has 1 heterocycles. The van der Waals surface area contributed by atoms with Gasteiger partial charge in [0.1, 0.15) is 5.82 Å². The van der Waals surface area contributed by atoms with Crippen LogP contribution in [0.15, 0.2) is 5.38 Å². The molecule has 4 heteroatoms. The van der Waals surface area contributed by atoms with Crippen LogP contribution in [0.1, 0.15) is 0 Å². The van der Waals surface area contributed by atoms with Crippen LogP contribution in [-0.2, 0) is 0 Å². The van der Waals surface area contributed by atoms with E-state index in [-0.39, 0.29) is 0 Å². The van der Waals surface area contributed by atoms with Crippen LogP contribution in [0.3, 0.4) is 0 Å². The highest BCUT2D eigenvalue weighted by Gasteiger charge is 1.92. The molecule has 2 nitrogen and oxygen atoms in total. The third-order valence-electron chi connectivity index (χ3n) is 0.990. The maximum atomic E-state index is 4.89. The number of H-pyrrole nitrogens is 1. The van der Waals surface area contributed by atoms with E-state index in [2.05, 4.69) is 4.98 Å². The minimum absolute atomic E-state index is 0.832. The van der Waals surface area contributed by atoms with Gasteiger partial charge in [-0.15, -0.1) is 11.3 Å². The Labute approximate surface area is 63.1 Å². The van der Waals surface area contributed by atoms with Gasteiger partial charge in [-0.05, 0) is 12.2 Å². The van der Waals surface area contributed by atoms with Gasteiger partial charge in [0, 0.05) is 19.5 Å². The topological polar surface area (TPSA) is 19.0 Å². The molecule has 50 valence electrons. The molecule has 0 radical (unpaired) electrons. The van der Waals surface area contributed by atoms with Crippen LogP contribution in [-0.4, -0.2) is 19.1 Å². The molecule has 0 fully saturated rings. The van der Waals surface area contributed by atoms with E-state index in [9.17, 15) is 0 Å². The summed E-state index contributed by atoms with van der Waals surface area (Å²) in [6, 6.07) is 0. The third-order valence-corrected chi connectivity index (χ3v) is 2.04. The fourth-order valence-corrected chi connectivity index (χ4v) is 1.39. The summed E-state index contributed by atoms with van der Waals surface area (Å²) < 4.78 is 0.832. The SMILES string of the molecule is CN(C)c1csc(=S)[nH]1. The first kappa shape index (κ1) is 6.77. The number of rotatable bonds is 1. The molecule has 0 bridgehead atoms. The van der Waals surface area contributed by atoms with Crippen LogP contribution < -0.4 is 4.90 Å². The molecule has 0 unspecified atom stereocenters. The van der Waals surface area contributed by atoms with Crippen molar-refractivity contribution >= 4 is 29.4 Å².